The molecule has 1 aromatic rings. The van der Waals surface area contributed by atoms with Crippen molar-refractivity contribution in [3.05, 3.63) is 29.8 Å². The van der Waals surface area contributed by atoms with Gasteiger partial charge in [0, 0.05) is 64.1 Å². The third-order valence-electron chi connectivity index (χ3n) is 7.00. The summed E-state index contributed by atoms with van der Waals surface area (Å²) in [6.45, 7) is 6.11. The first-order valence-electron chi connectivity index (χ1n) is 11.5. The smallest absolute Gasteiger partial charge is 0.223 e. The van der Waals surface area contributed by atoms with Crippen LogP contribution in [-0.2, 0) is 26.1 Å². The van der Waals surface area contributed by atoms with E-state index < -0.39 is 10.0 Å². The second-order valence-corrected chi connectivity index (χ2v) is 11.2. The Kier molecular flexibility index (Phi) is 7.01. The Hall–Kier alpha value is -1.48. The number of rotatable bonds is 3. The van der Waals surface area contributed by atoms with E-state index in [9.17, 15) is 13.2 Å². The van der Waals surface area contributed by atoms with Gasteiger partial charge in [0.1, 0.15) is 0 Å². The van der Waals surface area contributed by atoms with E-state index in [1.807, 2.05) is 23.1 Å². The molecule has 1 amide bonds. The number of anilines is 1. The Bertz CT molecular complexity index is 885. The van der Waals surface area contributed by atoms with Gasteiger partial charge in [0.15, 0.2) is 0 Å². The lowest BCUT2D eigenvalue weighted by Crippen LogP contribution is -2.47. The van der Waals surface area contributed by atoms with Crippen LogP contribution in [0.2, 0.25) is 0 Å². The van der Waals surface area contributed by atoms with Gasteiger partial charge < -0.3 is 9.64 Å². The van der Waals surface area contributed by atoms with Crippen molar-refractivity contribution < 1.29 is 17.9 Å². The number of benzene rings is 1. The molecule has 4 rings (SSSR count). The first-order chi connectivity index (χ1) is 14.8. The number of hydrogen-bond acceptors (Lipinski definition) is 5. The number of hydrogen-bond donors (Lipinski definition) is 0. The molecular weight excluding hydrogens is 414 g/mol. The van der Waals surface area contributed by atoms with E-state index in [0.29, 0.717) is 18.9 Å². The average Bonchev–Trinajstić information content (AvgIpc) is 3.11. The maximum Gasteiger partial charge on any atom is 0.223 e. The number of fused-ring (bicyclic) bond motifs is 3. The fourth-order valence-corrected chi connectivity index (χ4v) is 7.06. The van der Waals surface area contributed by atoms with Crippen LogP contribution in [0, 0.1) is 5.92 Å². The van der Waals surface area contributed by atoms with Gasteiger partial charge in [0.2, 0.25) is 15.9 Å². The van der Waals surface area contributed by atoms with Crippen molar-refractivity contribution in [2.24, 2.45) is 5.92 Å². The van der Waals surface area contributed by atoms with Gasteiger partial charge in [-0.05, 0) is 49.7 Å². The fraction of sp³-hybridized carbons (Fsp3) is 0.696. The summed E-state index contributed by atoms with van der Waals surface area (Å²) in [4.78, 5) is 16.8. The highest BCUT2D eigenvalue weighted by atomic mass is 32.2. The minimum atomic E-state index is -3.32. The number of para-hydroxylation sites is 1. The molecule has 2 atom stereocenters. The molecular formula is C23H35N3O4S. The predicted molar refractivity (Wildman–Crippen MR) is 121 cm³/mol. The Labute approximate surface area is 186 Å². The first-order valence-corrected chi connectivity index (χ1v) is 13.3. The van der Waals surface area contributed by atoms with Gasteiger partial charge in [-0.2, -0.15) is 4.31 Å². The predicted octanol–water partition coefficient (Wildman–Crippen LogP) is 2.46. The van der Waals surface area contributed by atoms with Crippen molar-refractivity contribution in [1.82, 2.24) is 9.21 Å². The standard InChI is InChI=1S/C23H35N3O4S/c1-18(27)25-12-9-21-7-8-22(26(21)31(2,28)29)17-24(15-19-10-13-30-14-11-19)16-20-5-3-4-6-23(20)25/h3-6,19,21-22H,7-17H2,1-2H3/t21-,22+/m1/s1. The molecule has 0 N–H and O–H groups in total. The third kappa shape index (κ3) is 5.30. The van der Waals surface area contributed by atoms with E-state index in [1.54, 1.807) is 11.2 Å². The molecule has 0 unspecified atom stereocenters. The normalized spacial score (nSPS) is 27.0. The summed E-state index contributed by atoms with van der Waals surface area (Å²) in [5.41, 5.74) is 2.09. The molecule has 0 aromatic heterocycles. The van der Waals surface area contributed by atoms with Crippen molar-refractivity contribution in [3.8, 4) is 0 Å². The molecule has 8 heteroatoms. The SMILES string of the molecule is CC(=O)N1CC[C@H]2CC[C@@H](CN(CC3CCOCC3)Cc3ccccc31)N2S(C)(=O)=O. The molecule has 2 bridgehead atoms. The first kappa shape index (κ1) is 22.7. The molecule has 0 spiro atoms. The van der Waals surface area contributed by atoms with E-state index in [2.05, 4.69) is 11.0 Å². The van der Waals surface area contributed by atoms with Crippen LogP contribution in [0.3, 0.4) is 0 Å². The zero-order valence-corrected chi connectivity index (χ0v) is 19.5. The van der Waals surface area contributed by atoms with E-state index in [-0.39, 0.29) is 18.0 Å². The molecule has 0 radical (unpaired) electrons. The van der Waals surface area contributed by atoms with Gasteiger partial charge in [-0.3, -0.25) is 9.69 Å². The number of carbonyl (C=O) groups excluding carboxylic acids is 1. The summed E-state index contributed by atoms with van der Waals surface area (Å²) < 4.78 is 32.8. The van der Waals surface area contributed by atoms with E-state index >= 15 is 0 Å². The lowest BCUT2D eigenvalue weighted by Gasteiger charge is -2.34. The van der Waals surface area contributed by atoms with Gasteiger partial charge >= 0.3 is 0 Å². The Morgan fingerprint density at radius 3 is 2.48 bits per heavy atom. The van der Waals surface area contributed by atoms with Gasteiger partial charge in [-0.25, -0.2) is 8.42 Å². The highest BCUT2D eigenvalue weighted by molar-refractivity contribution is 7.88. The van der Waals surface area contributed by atoms with Crippen LogP contribution in [-0.4, -0.2) is 74.7 Å². The Morgan fingerprint density at radius 2 is 1.77 bits per heavy atom. The summed E-state index contributed by atoms with van der Waals surface area (Å²) in [6.07, 6.45) is 5.82. The van der Waals surface area contributed by atoms with Crippen molar-refractivity contribution in [3.63, 3.8) is 0 Å². The van der Waals surface area contributed by atoms with Gasteiger partial charge in [0.05, 0.1) is 6.26 Å². The lowest BCUT2D eigenvalue weighted by atomic mass is 9.98. The molecule has 0 aliphatic carbocycles. The molecule has 3 heterocycles. The summed E-state index contributed by atoms with van der Waals surface area (Å²) in [6, 6.07) is 8.08. The Balaban J connectivity index is 1.69. The van der Waals surface area contributed by atoms with E-state index in [0.717, 1.165) is 69.8 Å². The second kappa shape index (κ2) is 9.57. The maximum atomic E-state index is 12.7. The zero-order chi connectivity index (χ0) is 22.0. The van der Waals surface area contributed by atoms with Crippen molar-refractivity contribution in [1.29, 1.82) is 0 Å². The highest BCUT2D eigenvalue weighted by Crippen LogP contribution is 2.33. The maximum absolute atomic E-state index is 12.7. The molecule has 1 aromatic carbocycles. The van der Waals surface area contributed by atoms with Crippen LogP contribution < -0.4 is 4.90 Å². The summed E-state index contributed by atoms with van der Waals surface area (Å²) in [5, 5.41) is 0. The van der Waals surface area contributed by atoms with Gasteiger partial charge in [0.25, 0.3) is 0 Å². The molecule has 2 saturated heterocycles. The summed E-state index contributed by atoms with van der Waals surface area (Å²) in [5.74, 6) is 0.557. The monoisotopic (exact) mass is 449 g/mol. The van der Waals surface area contributed by atoms with Crippen LogP contribution in [0.4, 0.5) is 5.69 Å². The molecule has 0 saturated carbocycles. The zero-order valence-electron chi connectivity index (χ0n) is 18.7. The van der Waals surface area contributed by atoms with Crippen LogP contribution >= 0.6 is 0 Å². The topological polar surface area (TPSA) is 70.2 Å². The molecule has 7 nitrogen and oxygen atoms in total. The van der Waals surface area contributed by atoms with Crippen molar-refractivity contribution in [2.75, 3.05) is 44.0 Å². The quantitative estimate of drug-likeness (QED) is 0.709. The molecule has 3 aliphatic heterocycles. The fourth-order valence-electron chi connectivity index (χ4n) is 5.59. The molecule has 3 aliphatic rings. The van der Waals surface area contributed by atoms with E-state index in [1.165, 1.54) is 6.26 Å². The molecule has 31 heavy (non-hydrogen) atoms. The van der Waals surface area contributed by atoms with Crippen LogP contribution in [0.25, 0.3) is 0 Å². The Morgan fingerprint density at radius 1 is 1.06 bits per heavy atom. The molecule has 2 fully saturated rings. The minimum absolute atomic E-state index is 0.00290. The number of amides is 1. The second-order valence-electron chi connectivity index (χ2n) is 9.32. The van der Waals surface area contributed by atoms with E-state index in [4.69, 9.17) is 4.74 Å². The van der Waals surface area contributed by atoms with Crippen molar-refractivity contribution in [2.45, 2.75) is 57.7 Å². The van der Waals surface area contributed by atoms with Crippen LogP contribution in [0.15, 0.2) is 24.3 Å². The number of nitrogens with zero attached hydrogens (tertiary/aromatic N) is 3. The van der Waals surface area contributed by atoms with Gasteiger partial charge in [-0.15, -0.1) is 0 Å². The lowest BCUT2D eigenvalue weighted by molar-refractivity contribution is -0.116. The number of sulfonamides is 1. The number of carbonyl (C=O) groups is 1. The number of ether oxygens (including phenoxy) is 1. The minimum Gasteiger partial charge on any atom is -0.381 e. The summed E-state index contributed by atoms with van der Waals surface area (Å²) in [7, 11) is -3.32. The van der Waals surface area contributed by atoms with Crippen LogP contribution in [0.5, 0.6) is 0 Å². The largest absolute Gasteiger partial charge is 0.381 e. The molecule has 172 valence electrons. The van der Waals surface area contributed by atoms with Gasteiger partial charge in [-0.1, -0.05) is 18.2 Å². The average molecular weight is 450 g/mol. The van der Waals surface area contributed by atoms with Crippen molar-refractivity contribution >= 4 is 21.6 Å². The summed E-state index contributed by atoms with van der Waals surface area (Å²) >= 11 is 0. The highest BCUT2D eigenvalue weighted by Gasteiger charge is 2.41. The third-order valence-corrected chi connectivity index (χ3v) is 8.37. The van der Waals surface area contributed by atoms with Crippen LogP contribution in [0.1, 0.15) is 44.6 Å².